The summed E-state index contributed by atoms with van der Waals surface area (Å²) in [5.41, 5.74) is 0.405. The first-order valence-electron chi connectivity index (χ1n) is 9.66. The number of rotatable bonds is 0. The second-order valence-electron chi connectivity index (χ2n) is 10.7. The van der Waals surface area contributed by atoms with Crippen LogP contribution in [0, 0.1) is 39.9 Å². The number of carbonyl (C=O) groups excluding carboxylic acids is 1. The molecule has 0 radical (unpaired) electrons. The van der Waals surface area contributed by atoms with Crippen molar-refractivity contribution in [2.75, 3.05) is 6.54 Å². The van der Waals surface area contributed by atoms with Crippen molar-refractivity contribution in [3.05, 3.63) is 12.2 Å². The second kappa shape index (κ2) is 3.19. The Labute approximate surface area is 141 Å². The first-order chi connectivity index (χ1) is 11.3. The van der Waals surface area contributed by atoms with Crippen molar-refractivity contribution in [3.8, 4) is 0 Å². The molecule has 2 N–H and O–H groups in total. The number of hydrogen-bond donors (Lipinski definition) is 2. The lowest BCUT2D eigenvalue weighted by atomic mass is 9.43. The van der Waals surface area contributed by atoms with E-state index in [1.165, 1.54) is 5.57 Å². The molecule has 4 nitrogen and oxygen atoms in total. The molecule has 8 aliphatic rings. The minimum Gasteiger partial charge on any atom is -0.393 e. The molecule has 3 heterocycles. The quantitative estimate of drug-likeness (QED) is 0.659. The van der Waals surface area contributed by atoms with E-state index in [1.807, 2.05) is 0 Å². The lowest BCUT2D eigenvalue weighted by Crippen LogP contribution is -2.62. The van der Waals surface area contributed by atoms with Crippen LogP contribution in [-0.4, -0.2) is 45.3 Å². The van der Waals surface area contributed by atoms with Gasteiger partial charge in [-0.05, 0) is 48.3 Å². The van der Waals surface area contributed by atoms with E-state index < -0.39 is 5.72 Å². The van der Waals surface area contributed by atoms with Gasteiger partial charge in [0.1, 0.15) is 11.5 Å². The minimum atomic E-state index is -0.737. The zero-order chi connectivity index (χ0) is 16.4. The fraction of sp³-hybridized carbons (Fsp3) is 0.850. The topological polar surface area (TPSA) is 60.8 Å². The molecule has 3 saturated heterocycles. The monoisotopic (exact) mass is 327 g/mol. The highest BCUT2D eigenvalue weighted by atomic mass is 16.3. The molecule has 4 heteroatoms. The number of carbonyl (C=O) groups is 1. The molecule has 0 aromatic carbocycles. The van der Waals surface area contributed by atoms with E-state index in [0.29, 0.717) is 24.0 Å². The van der Waals surface area contributed by atoms with Crippen LogP contribution in [0.3, 0.4) is 0 Å². The molecular formula is C20H25NO3. The largest absolute Gasteiger partial charge is 0.393 e. The standard InChI is InChI=1S/C20H25NO3/c1-9-4-18-7-20(24)16-17(2)5-10(22)6-19(16)14(18)11(9)3-12(23)13(18)15(19)21(20)8-17/h10-11,13-16,22,24H,1,3-8H2,2H3. The van der Waals surface area contributed by atoms with Gasteiger partial charge in [0.15, 0.2) is 0 Å². The number of aliphatic hydroxyl groups excluding tert-OH is 1. The van der Waals surface area contributed by atoms with Gasteiger partial charge in [0, 0.05) is 36.3 Å². The van der Waals surface area contributed by atoms with Gasteiger partial charge >= 0.3 is 0 Å². The average Bonchev–Trinajstić information content (AvgIpc) is 2.89. The lowest BCUT2D eigenvalue weighted by molar-refractivity contribution is -0.211. The van der Waals surface area contributed by atoms with Crippen LogP contribution < -0.4 is 0 Å². The highest BCUT2D eigenvalue weighted by Gasteiger charge is 2.93. The van der Waals surface area contributed by atoms with Crippen molar-refractivity contribution in [1.29, 1.82) is 0 Å². The van der Waals surface area contributed by atoms with Crippen LogP contribution in [0.4, 0.5) is 0 Å². The number of Topliss-reactive ketones (excluding diaryl/α,β-unsaturated/α-hetero) is 1. The Morgan fingerprint density at radius 1 is 1.33 bits per heavy atom. The van der Waals surface area contributed by atoms with Gasteiger partial charge in [-0.3, -0.25) is 9.69 Å². The zero-order valence-electron chi connectivity index (χ0n) is 14.2. The Hall–Kier alpha value is -0.710. The third kappa shape index (κ3) is 0.926. The second-order valence-corrected chi connectivity index (χ2v) is 10.7. The van der Waals surface area contributed by atoms with Crippen LogP contribution in [0.15, 0.2) is 12.2 Å². The number of piperidine rings is 2. The molecule has 3 aliphatic heterocycles. The van der Waals surface area contributed by atoms with Crippen molar-refractivity contribution >= 4 is 5.78 Å². The summed E-state index contributed by atoms with van der Waals surface area (Å²) < 4.78 is 0. The number of allylic oxidation sites excluding steroid dienone is 1. The van der Waals surface area contributed by atoms with E-state index in [4.69, 9.17) is 0 Å². The van der Waals surface area contributed by atoms with Gasteiger partial charge in [-0.2, -0.15) is 0 Å². The van der Waals surface area contributed by atoms with Gasteiger partial charge in [-0.25, -0.2) is 0 Å². The van der Waals surface area contributed by atoms with Gasteiger partial charge in [-0.1, -0.05) is 19.1 Å². The predicted molar refractivity (Wildman–Crippen MR) is 85.6 cm³/mol. The fourth-order valence-electron chi connectivity index (χ4n) is 10.5. The Kier molecular flexibility index (Phi) is 1.79. The normalized spacial score (nSPS) is 73.0. The van der Waals surface area contributed by atoms with Gasteiger partial charge in [0.05, 0.1) is 6.10 Å². The summed E-state index contributed by atoms with van der Waals surface area (Å²) in [7, 11) is 0. The van der Waals surface area contributed by atoms with E-state index in [-0.39, 0.29) is 40.2 Å². The summed E-state index contributed by atoms with van der Waals surface area (Å²) in [5.74, 6) is 1.51. The summed E-state index contributed by atoms with van der Waals surface area (Å²) in [6.07, 6.45) is 3.68. The van der Waals surface area contributed by atoms with Crippen LogP contribution in [0.1, 0.15) is 39.0 Å². The maximum Gasteiger partial charge on any atom is 0.138 e. The number of ketones is 1. The molecule has 128 valence electrons. The smallest absolute Gasteiger partial charge is 0.138 e. The van der Waals surface area contributed by atoms with Crippen molar-refractivity contribution in [1.82, 2.24) is 4.90 Å². The molecule has 24 heavy (non-hydrogen) atoms. The predicted octanol–water partition coefficient (Wildman–Crippen LogP) is 1.32. The Morgan fingerprint density at radius 2 is 2.12 bits per heavy atom. The Balaban J connectivity index is 1.59. The van der Waals surface area contributed by atoms with Crippen LogP contribution in [0.25, 0.3) is 0 Å². The maximum absolute atomic E-state index is 13.1. The highest BCUT2D eigenvalue weighted by molar-refractivity contribution is 5.87. The van der Waals surface area contributed by atoms with Crippen molar-refractivity contribution in [2.24, 2.45) is 39.9 Å². The SMILES string of the molecule is C=C1CC23CC4(O)C5C6(C)CC(O)CC57C(C2C(=O)CC1C37)N4C6. The fourth-order valence-corrected chi connectivity index (χ4v) is 10.5. The van der Waals surface area contributed by atoms with Crippen molar-refractivity contribution < 1.29 is 15.0 Å². The molecule has 5 saturated carbocycles. The Bertz CT molecular complexity index is 764. The van der Waals surface area contributed by atoms with Crippen LogP contribution in [-0.2, 0) is 4.79 Å². The Morgan fingerprint density at radius 3 is 2.92 bits per heavy atom. The molecule has 9 bridgehead atoms. The molecule has 5 aliphatic carbocycles. The van der Waals surface area contributed by atoms with E-state index in [1.54, 1.807) is 0 Å². The van der Waals surface area contributed by atoms with Crippen LogP contribution >= 0.6 is 0 Å². The lowest BCUT2D eigenvalue weighted by Gasteiger charge is -2.60. The summed E-state index contributed by atoms with van der Waals surface area (Å²) in [6.45, 7) is 7.50. The third-order valence-corrected chi connectivity index (χ3v) is 9.88. The van der Waals surface area contributed by atoms with E-state index >= 15 is 0 Å². The van der Waals surface area contributed by atoms with Crippen molar-refractivity contribution in [3.63, 3.8) is 0 Å². The van der Waals surface area contributed by atoms with Crippen LogP contribution in [0.2, 0.25) is 0 Å². The summed E-state index contributed by atoms with van der Waals surface area (Å²) in [4.78, 5) is 15.5. The molecule has 11 unspecified atom stereocenters. The molecule has 0 aromatic heterocycles. The van der Waals surface area contributed by atoms with Gasteiger partial charge in [-0.15, -0.1) is 0 Å². The van der Waals surface area contributed by atoms with Crippen molar-refractivity contribution in [2.45, 2.75) is 56.9 Å². The van der Waals surface area contributed by atoms with E-state index in [0.717, 1.165) is 32.2 Å². The first-order valence-corrected chi connectivity index (χ1v) is 9.66. The molecule has 0 aromatic rings. The zero-order valence-corrected chi connectivity index (χ0v) is 14.2. The van der Waals surface area contributed by atoms with Gasteiger partial charge in [0.25, 0.3) is 0 Å². The molecule has 8 fully saturated rings. The molecule has 11 atom stereocenters. The summed E-state index contributed by atoms with van der Waals surface area (Å²) >= 11 is 0. The summed E-state index contributed by atoms with van der Waals surface area (Å²) in [6, 6.07) is 0.180. The molecular weight excluding hydrogens is 302 g/mol. The number of nitrogens with zero attached hydrogens (tertiary/aromatic N) is 1. The molecule has 2 spiro atoms. The van der Waals surface area contributed by atoms with Crippen LogP contribution in [0.5, 0.6) is 0 Å². The summed E-state index contributed by atoms with van der Waals surface area (Å²) in [5, 5.41) is 22.6. The first kappa shape index (κ1) is 13.5. The number of hydrogen-bond acceptors (Lipinski definition) is 4. The molecule has 8 rings (SSSR count). The average molecular weight is 327 g/mol. The third-order valence-electron chi connectivity index (χ3n) is 9.88. The molecule has 0 amide bonds. The number of aliphatic hydroxyl groups is 2. The minimum absolute atomic E-state index is 0.00811. The maximum atomic E-state index is 13.1. The highest BCUT2D eigenvalue weighted by Crippen LogP contribution is 2.89. The van der Waals surface area contributed by atoms with E-state index in [9.17, 15) is 15.0 Å². The van der Waals surface area contributed by atoms with E-state index in [2.05, 4.69) is 18.4 Å². The van der Waals surface area contributed by atoms with Gasteiger partial charge < -0.3 is 10.2 Å². The van der Waals surface area contributed by atoms with Gasteiger partial charge in [0.2, 0.25) is 0 Å².